The van der Waals surface area contributed by atoms with E-state index in [2.05, 4.69) is 13.8 Å². The number of carbonyl (C=O) groups excluding carboxylic acids is 1. The fourth-order valence-corrected chi connectivity index (χ4v) is 3.53. The molecule has 0 bridgehead atoms. The summed E-state index contributed by atoms with van der Waals surface area (Å²) in [6.45, 7) is 10.2. The first kappa shape index (κ1) is 15.8. The third kappa shape index (κ3) is 2.76. The number of rotatable bonds is 3. The molecule has 2 rings (SSSR count). The maximum Gasteiger partial charge on any atom is 0.340 e. The summed E-state index contributed by atoms with van der Waals surface area (Å²) in [7, 11) is 0. The zero-order chi connectivity index (χ0) is 15.7. The van der Waals surface area contributed by atoms with E-state index in [4.69, 9.17) is 4.74 Å². The Balaban J connectivity index is 2.55. The van der Waals surface area contributed by atoms with Crippen molar-refractivity contribution in [2.75, 3.05) is 6.61 Å². The van der Waals surface area contributed by atoms with Crippen molar-refractivity contribution in [3.63, 3.8) is 0 Å². The molecule has 1 heterocycles. The van der Waals surface area contributed by atoms with Crippen LogP contribution in [-0.4, -0.2) is 17.1 Å². The van der Waals surface area contributed by atoms with Crippen LogP contribution in [0.3, 0.4) is 0 Å². The second-order valence-electron chi connectivity index (χ2n) is 6.20. The number of aromatic nitrogens is 1. The Morgan fingerprint density at radius 2 is 2.00 bits per heavy atom. The average Bonchev–Trinajstić information content (AvgIpc) is 2.71. The fraction of sp³-hybridized carbons (Fsp3) is 0.647. The topological polar surface area (TPSA) is 48.3 Å². The van der Waals surface area contributed by atoms with Gasteiger partial charge in [-0.25, -0.2) is 4.79 Å². The van der Waals surface area contributed by atoms with Crippen LogP contribution in [0.4, 0.5) is 0 Å². The number of nitrogens with zero attached hydrogens (tertiary/aromatic N) is 1. The van der Waals surface area contributed by atoms with Crippen molar-refractivity contribution in [2.45, 2.75) is 53.5 Å². The van der Waals surface area contributed by atoms with Crippen LogP contribution in [0.5, 0.6) is 0 Å². The summed E-state index contributed by atoms with van der Waals surface area (Å²) in [5.41, 5.74) is 1.97. The highest BCUT2D eigenvalue weighted by Crippen LogP contribution is 2.40. The van der Waals surface area contributed by atoms with E-state index < -0.39 is 0 Å². The Morgan fingerprint density at radius 3 is 2.52 bits per heavy atom. The van der Waals surface area contributed by atoms with Gasteiger partial charge < -0.3 is 9.30 Å². The number of hydrogen-bond acceptors (Lipinski definition) is 3. The minimum Gasteiger partial charge on any atom is -0.462 e. The van der Waals surface area contributed by atoms with E-state index >= 15 is 0 Å². The highest BCUT2D eigenvalue weighted by atomic mass is 16.5. The third-order valence-corrected chi connectivity index (χ3v) is 4.93. The van der Waals surface area contributed by atoms with E-state index in [-0.39, 0.29) is 17.6 Å². The molecule has 0 N–H and O–H groups in total. The minimum absolute atomic E-state index is 0.0102. The molecule has 0 radical (unpaired) electrons. The van der Waals surface area contributed by atoms with Gasteiger partial charge in [-0.2, -0.15) is 0 Å². The van der Waals surface area contributed by atoms with Gasteiger partial charge in [0, 0.05) is 17.8 Å². The van der Waals surface area contributed by atoms with E-state index in [0.29, 0.717) is 29.6 Å². The molecule has 0 amide bonds. The number of hydrogen-bond donors (Lipinski definition) is 0. The van der Waals surface area contributed by atoms with Crippen molar-refractivity contribution >= 4 is 5.97 Å². The van der Waals surface area contributed by atoms with Gasteiger partial charge in [0.25, 0.3) is 5.56 Å². The molecule has 1 aromatic rings. The Bertz CT molecular complexity index is 603. The second-order valence-corrected chi connectivity index (χ2v) is 6.20. The van der Waals surface area contributed by atoms with Gasteiger partial charge in [0.2, 0.25) is 0 Å². The van der Waals surface area contributed by atoms with Gasteiger partial charge in [0.15, 0.2) is 0 Å². The van der Waals surface area contributed by atoms with Crippen LogP contribution in [-0.2, 0) is 4.74 Å². The molecular formula is C17H25NO3. The maximum absolute atomic E-state index is 12.4. The van der Waals surface area contributed by atoms with E-state index in [1.54, 1.807) is 19.9 Å². The van der Waals surface area contributed by atoms with Crippen LogP contribution in [0, 0.1) is 25.7 Å². The number of aryl methyl sites for hydroxylation is 1. The lowest BCUT2D eigenvalue weighted by Crippen LogP contribution is -2.31. The standard InChI is InChI=1S/C17H25NO3/c1-6-21-17(20)16-11(3)9-15(19)18(13(16)5)14-8-7-10(2)12(14)4/h9-10,12,14H,6-8H2,1-5H3. The van der Waals surface area contributed by atoms with Crippen molar-refractivity contribution < 1.29 is 9.53 Å². The zero-order valence-electron chi connectivity index (χ0n) is 13.6. The van der Waals surface area contributed by atoms with Crippen molar-refractivity contribution in [2.24, 2.45) is 11.8 Å². The Kier molecular flexibility index (Phi) is 4.55. The zero-order valence-corrected chi connectivity index (χ0v) is 13.6. The molecule has 0 aromatic carbocycles. The smallest absolute Gasteiger partial charge is 0.340 e. The normalized spacial score (nSPS) is 25.1. The molecule has 1 aliphatic carbocycles. The van der Waals surface area contributed by atoms with Gasteiger partial charge in [-0.3, -0.25) is 4.79 Å². The van der Waals surface area contributed by atoms with Crippen LogP contribution in [0.2, 0.25) is 0 Å². The van der Waals surface area contributed by atoms with Crippen molar-refractivity contribution in [1.82, 2.24) is 4.57 Å². The van der Waals surface area contributed by atoms with E-state index in [1.807, 2.05) is 11.5 Å². The lowest BCUT2D eigenvalue weighted by atomic mass is 9.96. The summed E-state index contributed by atoms with van der Waals surface area (Å²) >= 11 is 0. The lowest BCUT2D eigenvalue weighted by molar-refractivity contribution is 0.0523. The highest BCUT2D eigenvalue weighted by Gasteiger charge is 2.33. The van der Waals surface area contributed by atoms with Crippen LogP contribution in [0.1, 0.15) is 61.3 Å². The van der Waals surface area contributed by atoms with E-state index in [1.165, 1.54) is 0 Å². The predicted molar refractivity (Wildman–Crippen MR) is 82.7 cm³/mol. The summed E-state index contributed by atoms with van der Waals surface area (Å²) in [4.78, 5) is 24.6. The monoisotopic (exact) mass is 291 g/mol. The van der Waals surface area contributed by atoms with Gasteiger partial charge in [-0.1, -0.05) is 13.8 Å². The molecule has 1 saturated carbocycles. The van der Waals surface area contributed by atoms with Crippen LogP contribution < -0.4 is 5.56 Å². The number of pyridine rings is 1. The SMILES string of the molecule is CCOC(=O)c1c(C)cc(=O)n(C2CCC(C)C2C)c1C. The Hall–Kier alpha value is -1.58. The Morgan fingerprint density at radius 1 is 1.33 bits per heavy atom. The third-order valence-electron chi connectivity index (χ3n) is 4.93. The van der Waals surface area contributed by atoms with E-state index in [0.717, 1.165) is 18.5 Å². The van der Waals surface area contributed by atoms with Crippen molar-refractivity contribution in [1.29, 1.82) is 0 Å². The Labute approximate surface area is 126 Å². The summed E-state index contributed by atoms with van der Waals surface area (Å²) in [5.74, 6) is 0.716. The molecule has 4 nitrogen and oxygen atoms in total. The molecule has 1 fully saturated rings. The van der Waals surface area contributed by atoms with E-state index in [9.17, 15) is 9.59 Å². The summed E-state index contributed by atoms with van der Waals surface area (Å²) < 4.78 is 6.95. The van der Waals surface area contributed by atoms with Crippen molar-refractivity contribution in [3.8, 4) is 0 Å². The molecule has 0 aliphatic heterocycles. The second kappa shape index (κ2) is 6.04. The highest BCUT2D eigenvalue weighted by molar-refractivity contribution is 5.92. The number of carbonyl (C=O) groups is 1. The minimum atomic E-state index is -0.333. The molecule has 1 aromatic heterocycles. The van der Waals surface area contributed by atoms with Gasteiger partial charge in [-0.15, -0.1) is 0 Å². The first-order valence-corrected chi connectivity index (χ1v) is 7.78. The molecule has 21 heavy (non-hydrogen) atoms. The molecule has 3 unspecified atom stereocenters. The number of ether oxygens (including phenoxy) is 1. The van der Waals surface area contributed by atoms with Crippen LogP contribution >= 0.6 is 0 Å². The molecular weight excluding hydrogens is 266 g/mol. The molecule has 3 atom stereocenters. The largest absolute Gasteiger partial charge is 0.462 e. The van der Waals surface area contributed by atoms with Gasteiger partial charge in [-0.05, 0) is 51.0 Å². The molecule has 1 aliphatic rings. The molecule has 4 heteroatoms. The summed E-state index contributed by atoms with van der Waals surface area (Å²) in [5, 5.41) is 0. The quantitative estimate of drug-likeness (QED) is 0.803. The van der Waals surface area contributed by atoms with Crippen LogP contribution in [0.25, 0.3) is 0 Å². The average molecular weight is 291 g/mol. The van der Waals surface area contributed by atoms with Crippen molar-refractivity contribution in [3.05, 3.63) is 33.2 Å². The molecule has 0 saturated heterocycles. The molecule has 0 spiro atoms. The number of esters is 1. The van der Waals surface area contributed by atoms with Gasteiger partial charge in [0.1, 0.15) is 0 Å². The molecule has 116 valence electrons. The summed E-state index contributed by atoms with van der Waals surface area (Å²) in [6.07, 6.45) is 2.12. The first-order valence-electron chi connectivity index (χ1n) is 7.78. The van der Waals surface area contributed by atoms with Crippen LogP contribution in [0.15, 0.2) is 10.9 Å². The summed E-state index contributed by atoms with van der Waals surface area (Å²) in [6, 6.07) is 1.75. The lowest BCUT2D eigenvalue weighted by Gasteiger charge is -2.25. The van der Waals surface area contributed by atoms with Gasteiger partial charge >= 0.3 is 5.97 Å². The first-order chi connectivity index (χ1) is 9.88. The van der Waals surface area contributed by atoms with Gasteiger partial charge in [0.05, 0.1) is 12.2 Å². The maximum atomic E-state index is 12.4. The predicted octanol–water partition coefficient (Wildman–Crippen LogP) is 3.25. The fourth-order valence-electron chi connectivity index (χ4n) is 3.53.